The standard InChI is InChI=1S/C21H16O6/c1-13-18(20(24)26-16-9-5-14(22)6-10-16)3-2-4-19(13)21(25)27-17-11-7-15(23)8-12-17/h2-12,22-23H,1H3. The summed E-state index contributed by atoms with van der Waals surface area (Å²) in [5.74, 6) is -0.589. The zero-order valence-corrected chi connectivity index (χ0v) is 14.4. The molecule has 0 aliphatic carbocycles. The van der Waals surface area contributed by atoms with Gasteiger partial charge in [0.05, 0.1) is 11.1 Å². The first-order valence-electron chi connectivity index (χ1n) is 8.06. The van der Waals surface area contributed by atoms with Gasteiger partial charge in [-0.25, -0.2) is 9.59 Å². The Balaban J connectivity index is 1.80. The number of benzene rings is 3. The number of aromatic hydroxyl groups is 2. The largest absolute Gasteiger partial charge is 0.508 e. The van der Waals surface area contributed by atoms with Crippen LogP contribution in [0.25, 0.3) is 0 Å². The van der Waals surface area contributed by atoms with Crippen LogP contribution in [0.3, 0.4) is 0 Å². The van der Waals surface area contributed by atoms with Gasteiger partial charge in [-0.3, -0.25) is 0 Å². The average molecular weight is 364 g/mol. The molecule has 0 heterocycles. The van der Waals surface area contributed by atoms with Gasteiger partial charge in [0.1, 0.15) is 23.0 Å². The Kier molecular flexibility index (Phi) is 5.08. The topological polar surface area (TPSA) is 93.1 Å². The summed E-state index contributed by atoms with van der Waals surface area (Å²) in [7, 11) is 0. The molecule has 0 radical (unpaired) electrons. The minimum atomic E-state index is -0.627. The summed E-state index contributed by atoms with van der Waals surface area (Å²) < 4.78 is 10.5. The van der Waals surface area contributed by atoms with E-state index >= 15 is 0 Å². The van der Waals surface area contributed by atoms with Crippen LogP contribution in [0.4, 0.5) is 0 Å². The fourth-order valence-electron chi connectivity index (χ4n) is 2.43. The molecular weight excluding hydrogens is 348 g/mol. The smallest absolute Gasteiger partial charge is 0.343 e. The second kappa shape index (κ2) is 7.61. The maximum atomic E-state index is 12.4. The van der Waals surface area contributed by atoms with E-state index < -0.39 is 11.9 Å². The van der Waals surface area contributed by atoms with Gasteiger partial charge >= 0.3 is 11.9 Å². The van der Waals surface area contributed by atoms with Gasteiger partial charge in [-0.2, -0.15) is 0 Å². The molecule has 0 atom stereocenters. The predicted molar refractivity (Wildman–Crippen MR) is 97.3 cm³/mol. The first kappa shape index (κ1) is 18.0. The van der Waals surface area contributed by atoms with Crippen LogP contribution in [0, 0.1) is 6.92 Å². The zero-order valence-electron chi connectivity index (χ0n) is 14.4. The number of phenolic OH excluding ortho intramolecular Hbond substituents is 2. The number of hydrogen-bond donors (Lipinski definition) is 2. The highest BCUT2D eigenvalue weighted by Gasteiger charge is 2.19. The molecular formula is C21H16O6. The molecule has 0 saturated heterocycles. The summed E-state index contributed by atoms with van der Waals surface area (Å²) in [5.41, 5.74) is 0.872. The van der Waals surface area contributed by atoms with E-state index in [0.29, 0.717) is 5.56 Å². The minimum absolute atomic E-state index is 0.0601. The Labute approximate surface area is 155 Å². The van der Waals surface area contributed by atoms with Crippen molar-refractivity contribution in [3.8, 4) is 23.0 Å². The summed E-state index contributed by atoms with van der Waals surface area (Å²) in [6.07, 6.45) is 0. The monoisotopic (exact) mass is 364 g/mol. The zero-order chi connectivity index (χ0) is 19.4. The molecule has 0 unspecified atom stereocenters. The van der Waals surface area contributed by atoms with Crippen molar-refractivity contribution >= 4 is 11.9 Å². The molecule has 2 N–H and O–H groups in total. The number of esters is 2. The van der Waals surface area contributed by atoms with Gasteiger partial charge in [-0.1, -0.05) is 6.07 Å². The Hall–Kier alpha value is -3.80. The third-order valence-electron chi connectivity index (χ3n) is 3.87. The fourth-order valence-corrected chi connectivity index (χ4v) is 2.43. The van der Waals surface area contributed by atoms with Gasteiger partial charge < -0.3 is 19.7 Å². The summed E-state index contributed by atoms with van der Waals surface area (Å²) in [5, 5.41) is 18.6. The second-order valence-corrected chi connectivity index (χ2v) is 5.74. The number of ether oxygens (including phenoxy) is 2. The molecule has 0 amide bonds. The summed E-state index contributed by atoms with van der Waals surface area (Å²) in [4.78, 5) is 24.9. The molecule has 27 heavy (non-hydrogen) atoms. The molecule has 3 aromatic carbocycles. The first-order chi connectivity index (χ1) is 12.9. The highest BCUT2D eigenvalue weighted by molar-refractivity contribution is 5.99. The van der Waals surface area contributed by atoms with Gasteiger partial charge in [-0.05, 0) is 73.2 Å². The molecule has 0 spiro atoms. The lowest BCUT2D eigenvalue weighted by atomic mass is 10.0. The molecule has 3 aromatic rings. The quantitative estimate of drug-likeness (QED) is 0.540. The van der Waals surface area contributed by atoms with Gasteiger partial charge in [0, 0.05) is 0 Å². The molecule has 0 fully saturated rings. The maximum Gasteiger partial charge on any atom is 0.343 e. The lowest BCUT2D eigenvalue weighted by molar-refractivity contribution is 0.0733. The molecule has 0 bridgehead atoms. The Morgan fingerprint density at radius 3 is 1.41 bits per heavy atom. The van der Waals surface area contributed by atoms with Crippen molar-refractivity contribution in [3.05, 3.63) is 83.4 Å². The molecule has 0 aliphatic rings. The van der Waals surface area contributed by atoms with E-state index in [1.54, 1.807) is 25.1 Å². The van der Waals surface area contributed by atoms with Gasteiger partial charge in [0.2, 0.25) is 0 Å². The molecule has 6 nitrogen and oxygen atoms in total. The summed E-state index contributed by atoms with van der Waals surface area (Å²) >= 11 is 0. The van der Waals surface area contributed by atoms with Crippen LogP contribution in [0.1, 0.15) is 26.3 Å². The van der Waals surface area contributed by atoms with Crippen LogP contribution in [-0.2, 0) is 0 Å². The van der Waals surface area contributed by atoms with Crippen molar-refractivity contribution < 1.29 is 29.3 Å². The normalized spacial score (nSPS) is 10.3. The van der Waals surface area contributed by atoms with Crippen LogP contribution >= 0.6 is 0 Å². The third-order valence-corrected chi connectivity index (χ3v) is 3.87. The number of carbonyl (C=O) groups is 2. The Morgan fingerprint density at radius 1 is 0.667 bits per heavy atom. The molecule has 3 rings (SSSR count). The highest BCUT2D eigenvalue weighted by Crippen LogP contribution is 2.22. The molecule has 6 heteroatoms. The van der Waals surface area contributed by atoms with Crippen LogP contribution in [-0.4, -0.2) is 22.2 Å². The van der Waals surface area contributed by atoms with Gasteiger partial charge in [-0.15, -0.1) is 0 Å². The molecule has 0 aromatic heterocycles. The van der Waals surface area contributed by atoms with E-state index in [0.717, 1.165) is 0 Å². The van der Waals surface area contributed by atoms with Crippen molar-refractivity contribution in [2.75, 3.05) is 0 Å². The first-order valence-corrected chi connectivity index (χ1v) is 8.06. The SMILES string of the molecule is Cc1c(C(=O)Oc2ccc(O)cc2)cccc1C(=O)Oc1ccc(O)cc1. The van der Waals surface area contributed by atoms with Crippen molar-refractivity contribution in [2.24, 2.45) is 0 Å². The molecule has 0 aliphatic heterocycles. The maximum absolute atomic E-state index is 12.4. The highest BCUT2D eigenvalue weighted by atomic mass is 16.5. The molecule has 136 valence electrons. The summed E-state index contributed by atoms with van der Waals surface area (Å²) in [6, 6.07) is 16.1. The summed E-state index contributed by atoms with van der Waals surface area (Å²) in [6.45, 7) is 1.63. The van der Waals surface area contributed by atoms with Crippen LogP contribution < -0.4 is 9.47 Å². The van der Waals surface area contributed by atoms with Crippen molar-refractivity contribution in [1.82, 2.24) is 0 Å². The van der Waals surface area contributed by atoms with Gasteiger partial charge in [0.25, 0.3) is 0 Å². The lowest BCUT2D eigenvalue weighted by Gasteiger charge is -2.11. The fraction of sp³-hybridized carbons (Fsp3) is 0.0476. The van der Waals surface area contributed by atoms with Crippen molar-refractivity contribution in [1.29, 1.82) is 0 Å². The number of phenols is 2. The average Bonchev–Trinajstić information content (AvgIpc) is 2.65. The predicted octanol–water partition coefficient (Wildman–Crippen LogP) is 3.84. The van der Waals surface area contributed by atoms with Crippen LogP contribution in [0.15, 0.2) is 66.7 Å². The van der Waals surface area contributed by atoms with E-state index in [2.05, 4.69) is 0 Å². The Morgan fingerprint density at radius 2 is 1.04 bits per heavy atom. The van der Waals surface area contributed by atoms with Crippen molar-refractivity contribution in [3.63, 3.8) is 0 Å². The van der Waals surface area contributed by atoms with Crippen molar-refractivity contribution in [2.45, 2.75) is 6.92 Å². The number of rotatable bonds is 4. The molecule has 0 saturated carbocycles. The van der Waals surface area contributed by atoms with Crippen LogP contribution in [0.5, 0.6) is 23.0 Å². The number of hydrogen-bond acceptors (Lipinski definition) is 6. The van der Waals surface area contributed by atoms with E-state index in [1.165, 1.54) is 48.5 Å². The van der Waals surface area contributed by atoms with E-state index in [9.17, 15) is 19.8 Å². The number of carbonyl (C=O) groups excluding carboxylic acids is 2. The Bertz CT molecular complexity index is 897. The van der Waals surface area contributed by atoms with Gasteiger partial charge in [0.15, 0.2) is 0 Å². The minimum Gasteiger partial charge on any atom is -0.508 e. The van der Waals surface area contributed by atoms with E-state index in [4.69, 9.17) is 9.47 Å². The third kappa shape index (κ3) is 4.24. The van der Waals surface area contributed by atoms with E-state index in [1.807, 2.05) is 0 Å². The van der Waals surface area contributed by atoms with Crippen LogP contribution in [0.2, 0.25) is 0 Å². The lowest BCUT2D eigenvalue weighted by Crippen LogP contribution is -2.15. The van der Waals surface area contributed by atoms with E-state index in [-0.39, 0.29) is 34.1 Å². The second-order valence-electron chi connectivity index (χ2n) is 5.74.